The first-order valence-corrected chi connectivity index (χ1v) is 11.6. The maximum atomic E-state index is 14.6. The van der Waals surface area contributed by atoms with Gasteiger partial charge in [0.15, 0.2) is 0 Å². The first-order valence-electron chi connectivity index (χ1n) is 11.6. The van der Waals surface area contributed by atoms with E-state index in [1.165, 1.54) is 12.1 Å². The molecular weight excluding hydrogens is 533 g/mol. The van der Waals surface area contributed by atoms with Gasteiger partial charge in [-0.25, -0.2) is 13.2 Å². The molecular formula is C29H20F9N. The van der Waals surface area contributed by atoms with Crippen LogP contribution in [0.25, 0.3) is 0 Å². The van der Waals surface area contributed by atoms with Crippen LogP contribution >= 0.6 is 0 Å². The van der Waals surface area contributed by atoms with Gasteiger partial charge in [-0.15, -0.1) is 0 Å². The highest BCUT2D eigenvalue weighted by Crippen LogP contribution is 2.39. The maximum absolute atomic E-state index is 14.6. The lowest BCUT2D eigenvalue weighted by Gasteiger charge is -2.37. The van der Waals surface area contributed by atoms with E-state index >= 15 is 0 Å². The SMILES string of the molecule is Fc1ccc([C@@](Cc2ccccc2)(NCc2ccc(F)c(C(F)(F)F)c2)c2cc(F)cc(C(F)(F)F)c2)cc1. The van der Waals surface area contributed by atoms with Crippen LogP contribution < -0.4 is 5.32 Å². The highest BCUT2D eigenvalue weighted by molar-refractivity contribution is 5.44. The Morgan fingerprint density at radius 1 is 0.538 bits per heavy atom. The molecule has 0 bridgehead atoms. The Morgan fingerprint density at radius 2 is 1.18 bits per heavy atom. The van der Waals surface area contributed by atoms with E-state index in [9.17, 15) is 39.5 Å². The molecule has 0 spiro atoms. The monoisotopic (exact) mass is 553 g/mol. The molecule has 0 aromatic heterocycles. The second-order valence-corrected chi connectivity index (χ2v) is 8.97. The van der Waals surface area contributed by atoms with E-state index < -0.39 is 46.5 Å². The lowest BCUT2D eigenvalue weighted by molar-refractivity contribution is -0.140. The van der Waals surface area contributed by atoms with Crippen molar-refractivity contribution in [3.8, 4) is 0 Å². The molecule has 0 aliphatic heterocycles. The fourth-order valence-electron chi connectivity index (χ4n) is 4.43. The molecule has 0 unspecified atom stereocenters. The van der Waals surface area contributed by atoms with Gasteiger partial charge < -0.3 is 0 Å². The van der Waals surface area contributed by atoms with Gasteiger partial charge in [-0.3, -0.25) is 5.32 Å². The molecule has 0 amide bonds. The van der Waals surface area contributed by atoms with Crippen LogP contribution in [0.4, 0.5) is 39.5 Å². The number of alkyl halides is 6. The number of hydrogen-bond acceptors (Lipinski definition) is 1. The van der Waals surface area contributed by atoms with Crippen LogP contribution in [0.1, 0.15) is 33.4 Å². The molecule has 1 atom stereocenters. The lowest BCUT2D eigenvalue weighted by atomic mass is 9.77. The molecule has 1 nitrogen and oxygen atoms in total. The van der Waals surface area contributed by atoms with E-state index in [-0.39, 0.29) is 29.7 Å². The van der Waals surface area contributed by atoms with Crippen LogP contribution in [0.3, 0.4) is 0 Å². The maximum Gasteiger partial charge on any atom is 0.419 e. The first-order chi connectivity index (χ1) is 18.3. The van der Waals surface area contributed by atoms with Crippen molar-refractivity contribution < 1.29 is 39.5 Å². The first kappa shape index (κ1) is 28.2. The summed E-state index contributed by atoms with van der Waals surface area (Å²) in [5.74, 6) is -3.32. The summed E-state index contributed by atoms with van der Waals surface area (Å²) in [6.07, 6.45) is -9.98. The van der Waals surface area contributed by atoms with Crippen molar-refractivity contribution in [2.75, 3.05) is 0 Å². The predicted molar refractivity (Wildman–Crippen MR) is 127 cm³/mol. The summed E-state index contributed by atoms with van der Waals surface area (Å²) in [6, 6.07) is 17.4. The Bertz CT molecular complexity index is 1430. The minimum absolute atomic E-state index is 0.0317. The van der Waals surface area contributed by atoms with E-state index in [1.54, 1.807) is 30.3 Å². The molecule has 0 saturated carbocycles. The Kier molecular flexibility index (Phi) is 7.79. The summed E-state index contributed by atoms with van der Waals surface area (Å²) in [5.41, 5.74) is -3.88. The summed E-state index contributed by atoms with van der Waals surface area (Å²) in [4.78, 5) is 0. The van der Waals surface area contributed by atoms with E-state index in [0.717, 1.165) is 30.3 Å². The largest absolute Gasteiger partial charge is 0.419 e. The van der Waals surface area contributed by atoms with Gasteiger partial charge >= 0.3 is 12.4 Å². The predicted octanol–water partition coefficient (Wildman–Crippen LogP) is 8.42. The molecule has 1 N–H and O–H groups in total. The third-order valence-electron chi connectivity index (χ3n) is 6.30. The van der Waals surface area contributed by atoms with Gasteiger partial charge in [0, 0.05) is 6.54 Å². The Hall–Kier alpha value is -3.79. The number of halogens is 9. The van der Waals surface area contributed by atoms with E-state index in [0.29, 0.717) is 23.8 Å². The summed E-state index contributed by atoms with van der Waals surface area (Å²) in [7, 11) is 0. The number of rotatable bonds is 7. The van der Waals surface area contributed by atoms with Gasteiger partial charge in [0.2, 0.25) is 0 Å². The second-order valence-electron chi connectivity index (χ2n) is 8.97. The molecule has 4 aromatic carbocycles. The number of hydrogen-bond donors (Lipinski definition) is 1. The highest BCUT2D eigenvalue weighted by atomic mass is 19.4. The van der Waals surface area contributed by atoms with Crippen LogP contribution in [0.2, 0.25) is 0 Å². The fraction of sp³-hybridized carbons (Fsp3) is 0.172. The van der Waals surface area contributed by atoms with Gasteiger partial charge in [-0.2, -0.15) is 26.3 Å². The van der Waals surface area contributed by atoms with Crippen molar-refractivity contribution in [3.63, 3.8) is 0 Å². The molecule has 39 heavy (non-hydrogen) atoms. The van der Waals surface area contributed by atoms with Crippen LogP contribution in [-0.2, 0) is 30.9 Å². The minimum Gasteiger partial charge on any atom is -0.299 e. The van der Waals surface area contributed by atoms with E-state index in [2.05, 4.69) is 5.32 Å². The molecule has 0 heterocycles. The topological polar surface area (TPSA) is 12.0 Å². The van der Waals surface area contributed by atoms with Crippen LogP contribution in [0, 0.1) is 17.5 Å². The van der Waals surface area contributed by atoms with Gasteiger partial charge in [0.1, 0.15) is 17.5 Å². The zero-order chi connectivity index (χ0) is 28.4. The van der Waals surface area contributed by atoms with Crippen LogP contribution in [0.5, 0.6) is 0 Å². The number of nitrogens with one attached hydrogen (secondary N) is 1. The van der Waals surface area contributed by atoms with Crippen molar-refractivity contribution in [1.82, 2.24) is 5.32 Å². The molecule has 10 heteroatoms. The summed E-state index contributed by atoms with van der Waals surface area (Å²) >= 11 is 0. The standard InChI is InChI=1S/C29H20F9N/c30-23-9-7-20(8-10-23)27(16-18-4-2-1-3-5-18,21-13-22(28(33,34)35)15-24(31)14-21)39-17-19-6-11-26(32)25(12-19)29(36,37)38/h1-15,39H,16-17H2/t27-/m1/s1. The number of benzene rings is 4. The van der Waals surface area contributed by atoms with Crippen molar-refractivity contribution in [2.45, 2.75) is 30.9 Å². The van der Waals surface area contributed by atoms with E-state index in [4.69, 9.17) is 0 Å². The molecule has 4 aromatic rings. The van der Waals surface area contributed by atoms with Crippen molar-refractivity contribution in [1.29, 1.82) is 0 Å². The average molecular weight is 553 g/mol. The zero-order valence-electron chi connectivity index (χ0n) is 20.0. The van der Waals surface area contributed by atoms with Gasteiger partial charge in [0.05, 0.1) is 16.7 Å². The van der Waals surface area contributed by atoms with Gasteiger partial charge in [0.25, 0.3) is 0 Å². The Labute approximate surface area is 217 Å². The summed E-state index contributed by atoms with van der Waals surface area (Å²) in [5, 5.41) is 3.01. The second kappa shape index (κ2) is 10.8. The third-order valence-corrected chi connectivity index (χ3v) is 6.30. The average Bonchev–Trinajstić information content (AvgIpc) is 2.87. The summed E-state index contributed by atoms with van der Waals surface area (Å²) in [6.45, 7) is -0.383. The fourth-order valence-corrected chi connectivity index (χ4v) is 4.43. The lowest BCUT2D eigenvalue weighted by Crippen LogP contribution is -2.45. The van der Waals surface area contributed by atoms with Gasteiger partial charge in [-0.05, 0) is 71.1 Å². The smallest absolute Gasteiger partial charge is 0.299 e. The van der Waals surface area contributed by atoms with Crippen LogP contribution in [0.15, 0.2) is 91.0 Å². The van der Waals surface area contributed by atoms with Crippen LogP contribution in [-0.4, -0.2) is 0 Å². The quantitative estimate of drug-likeness (QED) is 0.227. The minimum atomic E-state index is -4.98. The summed E-state index contributed by atoms with van der Waals surface area (Å²) < 4.78 is 123. The molecule has 0 aliphatic rings. The van der Waals surface area contributed by atoms with Crippen molar-refractivity contribution >= 4 is 0 Å². The normalized spacial score (nSPS) is 13.8. The zero-order valence-corrected chi connectivity index (χ0v) is 20.0. The van der Waals surface area contributed by atoms with Gasteiger partial charge in [-0.1, -0.05) is 48.5 Å². The molecule has 0 aliphatic carbocycles. The molecule has 0 fully saturated rings. The molecule has 4 rings (SSSR count). The Morgan fingerprint density at radius 3 is 1.79 bits per heavy atom. The molecule has 204 valence electrons. The van der Waals surface area contributed by atoms with Crippen molar-refractivity contribution in [2.24, 2.45) is 0 Å². The van der Waals surface area contributed by atoms with E-state index in [1.807, 2.05) is 0 Å². The third kappa shape index (κ3) is 6.44. The molecule has 0 saturated heterocycles. The highest BCUT2D eigenvalue weighted by Gasteiger charge is 2.39. The molecule has 0 radical (unpaired) electrons. The Balaban J connectivity index is 1.92. The van der Waals surface area contributed by atoms with Crippen molar-refractivity contribution in [3.05, 3.63) is 142 Å².